The number of hydrogen-bond acceptors (Lipinski definition) is 1. The molecule has 50 valence electrons. The first kappa shape index (κ1) is 7.89. The molecule has 0 fully saturated rings. The Kier molecular flexibility index (Phi) is 2.98. The van der Waals surface area contributed by atoms with Gasteiger partial charge in [-0.1, -0.05) is 13.3 Å². The van der Waals surface area contributed by atoms with E-state index in [2.05, 4.69) is 4.94 Å². The minimum absolute atomic E-state index is 0.575. The Labute approximate surface area is 49.7 Å². The molecule has 0 N–H and O–H groups in total. The van der Waals surface area contributed by atoms with Crippen LogP contribution in [-0.2, 0) is 4.94 Å². The van der Waals surface area contributed by atoms with Crippen LogP contribution >= 0.6 is 0 Å². The van der Waals surface area contributed by atoms with Gasteiger partial charge in [0.25, 0.3) is 0 Å². The maximum absolute atomic E-state index is 11.5. The van der Waals surface area contributed by atoms with Crippen molar-refractivity contribution in [1.82, 2.24) is 0 Å². The van der Waals surface area contributed by atoms with Gasteiger partial charge in [-0.15, -0.1) is 0 Å². The van der Waals surface area contributed by atoms with Crippen LogP contribution in [0.2, 0.25) is 0 Å². The van der Waals surface area contributed by atoms with Gasteiger partial charge < -0.3 is 0 Å². The highest BCUT2D eigenvalue weighted by atomic mass is 19.3. The molecule has 0 heterocycles. The Bertz CT molecular complexity index is 61.5. The summed E-state index contributed by atoms with van der Waals surface area (Å²) in [6.07, 6.45) is 1.72. The Morgan fingerprint density at radius 1 is 1.50 bits per heavy atom. The minimum Gasteiger partial charge on any atom is -0.188 e. The molecule has 0 aromatic rings. The zero-order valence-corrected chi connectivity index (χ0v) is 5.70. The summed E-state index contributed by atoms with van der Waals surface area (Å²) in [6.45, 7) is 5.47. The van der Waals surface area contributed by atoms with Gasteiger partial charge in [0.1, 0.15) is 5.60 Å². The highest BCUT2D eigenvalue weighted by Gasteiger charge is 2.16. The van der Waals surface area contributed by atoms with Crippen LogP contribution in [-0.4, -0.2) is 5.60 Å². The molecule has 0 spiro atoms. The predicted molar refractivity (Wildman–Crippen MR) is 31.2 cm³/mol. The molecule has 0 aromatic heterocycles. The molecule has 0 radical (unpaired) electrons. The van der Waals surface area contributed by atoms with E-state index in [1.54, 1.807) is 13.8 Å². The van der Waals surface area contributed by atoms with Gasteiger partial charge in [0.15, 0.2) is 0 Å². The first-order chi connectivity index (χ1) is 3.62. The average molecular weight is 120 g/mol. The zero-order chi connectivity index (χ0) is 6.62. The molecule has 0 atom stereocenters. The summed E-state index contributed by atoms with van der Waals surface area (Å²) in [5.74, 6) is 0. The van der Waals surface area contributed by atoms with E-state index in [0.717, 1.165) is 12.8 Å². The molecule has 0 aliphatic rings. The van der Waals surface area contributed by atoms with Crippen LogP contribution < -0.4 is 0 Å². The number of rotatable bonds is 3. The molecule has 2 heteroatoms. The van der Waals surface area contributed by atoms with Gasteiger partial charge in [-0.3, -0.25) is 0 Å². The first-order valence-corrected chi connectivity index (χ1v) is 2.92. The molecule has 0 aliphatic carbocycles. The molecule has 0 aliphatic heterocycles. The predicted octanol–water partition coefficient (Wildman–Crippen LogP) is 2.47. The quantitative estimate of drug-likeness (QED) is 0.556. The summed E-state index contributed by atoms with van der Waals surface area (Å²) in [7, 11) is 0. The minimum atomic E-state index is -0.575. The van der Waals surface area contributed by atoms with Gasteiger partial charge in [0, 0.05) is 0 Å². The third-order valence-electron chi connectivity index (χ3n) is 1.06. The van der Waals surface area contributed by atoms with Gasteiger partial charge in [-0.05, 0) is 24.8 Å². The molecule has 0 amide bonds. The third-order valence-corrected chi connectivity index (χ3v) is 1.06. The van der Waals surface area contributed by atoms with E-state index in [9.17, 15) is 4.53 Å². The standard InChI is InChI=1S/C6H13FO/c1-4-5-6(2,3)8-7/h4-5H2,1-3H3. The van der Waals surface area contributed by atoms with E-state index in [1.165, 1.54) is 0 Å². The van der Waals surface area contributed by atoms with Crippen molar-refractivity contribution in [3.63, 3.8) is 0 Å². The van der Waals surface area contributed by atoms with Crippen molar-refractivity contribution in [3.8, 4) is 0 Å². The second-order valence-electron chi connectivity index (χ2n) is 2.59. The van der Waals surface area contributed by atoms with Crippen molar-refractivity contribution in [2.24, 2.45) is 0 Å². The van der Waals surface area contributed by atoms with E-state index in [0.29, 0.717) is 0 Å². The Balaban J connectivity index is 3.37. The smallest absolute Gasteiger partial charge is 0.103 e. The van der Waals surface area contributed by atoms with Crippen LogP contribution in [0.1, 0.15) is 33.6 Å². The molecule has 0 saturated heterocycles. The highest BCUT2D eigenvalue weighted by molar-refractivity contribution is 4.63. The van der Waals surface area contributed by atoms with E-state index in [4.69, 9.17) is 0 Å². The Hall–Kier alpha value is -0.110. The van der Waals surface area contributed by atoms with E-state index in [1.807, 2.05) is 6.92 Å². The monoisotopic (exact) mass is 120 g/mol. The van der Waals surface area contributed by atoms with Crippen molar-refractivity contribution < 1.29 is 9.47 Å². The molecule has 0 aromatic carbocycles. The molecular formula is C6H13FO. The van der Waals surface area contributed by atoms with Gasteiger partial charge in [-0.2, -0.15) is 4.94 Å². The maximum Gasteiger partial charge on any atom is 0.103 e. The van der Waals surface area contributed by atoms with Crippen molar-refractivity contribution in [1.29, 1.82) is 0 Å². The fourth-order valence-electron chi connectivity index (χ4n) is 0.641. The fourth-order valence-corrected chi connectivity index (χ4v) is 0.641. The van der Waals surface area contributed by atoms with Crippen molar-refractivity contribution in [2.45, 2.75) is 39.2 Å². The largest absolute Gasteiger partial charge is 0.188 e. The first-order valence-electron chi connectivity index (χ1n) is 2.92. The molecule has 1 nitrogen and oxygen atoms in total. The molecule has 8 heavy (non-hydrogen) atoms. The molecular weight excluding hydrogens is 107 g/mol. The van der Waals surface area contributed by atoms with Crippen molar-refractivity contribution in [3.05, 3.63) is 0 Å². The SMILES string of the molecule is CCCC(C)(C)OF. The summed E-state index contributed by atoms with van der Waals surface area (Å²) in [4.78, 5) is 3.68. The Morgan fingerprint density at radius 3 is 2.12 bits per heavy atom. The van der Waals surface area contributed by atoms with Gasteiger partial charge in [0.05, 0.1) is 0 Å². The van der Waals surface area contributed by atoms with Crippen LogP contribution in [0.5, 0.6) is 0 Å². The van der Waals surface area contributed by atoms with Crippen LogP contribution in [0.3, 0.4) is 0 Å². The van der Waals surface area contributed by atoms with Crippen LogP contribution in [0.4, 0.5) is 4.53 Å². The number of hydrogen-bond donors (Lipinski definition) is 0. The van der Waals surface area contributed by atoms with Crippen LogP contribution in [0, 0.1) is 0 Å². The number of halogens is 1. The summed E-state index contributed by atoms with van der Waals surface area (Å²) >= 11 is 0. The third kappa shape index (κ3) is 2.97. The van der Waals surface area contributed by atoms with Gasteiger partial charge >= 0.3 is 0 Å². The zero-order valence-electron chi connectivity index (χ0n) is 5.70. The Morgan fingerprint density at radius 2 is 2.00 bits per heavy atom. The van der Waals surface area contributed by atoms with Crippen LogP contribution in [0.15, 0.2) is 0 Å². The fraction of sp³-hybridized carbons (Fsp3) is 1.00. The second-order valence-corrected chi connectivity index (χ2v) is 2.59. The maximum atomic E-state index is 11.5. The molecule has 0 saturated carbocycles. The lowest BCUT2D eigenvalue weighted by atomic mass is 10.0. The summed E-state index contributed by atoms with van der Waals surface area (Å²) in [6, 6.07) is 0. The topological polar surface area (TPSA) is 9.23 Å². The van der Waals surface area contributed by atoms with Gasteiger partial charge in [0.2, 0.25) is 0 Å². The summed E-state index contributed by atoms with van der Waals surface area (Å²) in [5, 5.41) is 0. The summed E-state index contributed by atoms with van der Waals surface area (Å²) < 4.78 is 11.5. The van der Waals surface area contributed by atoms with Crippen LogP contribution in [0.25, 0.3) is 0 Å². The normalized spacial score (nSPS) is 12.0. The molecule has 0 bridgehead atoms. The highest BCUT2D eigenvalue weighted by Crippen LogP contribution is 2.15. The molecule has 0 rings (SSSR count). The van der Waals surface area contributed by atoms with Gasteiger partial charge in [-0.25, -0.2) is 0 Å². The molecule has 0 unspecified atom stereocenters. The lowest BCUT2D eigenvalue weighted by Crippen LogP contribution is -2.19. The lowest BCUT2D eigenvalue weighted by Gasteiger charge is -2.16. The summed E-state index contributed by atoms with van der Waals surface area (Å²) in [5.41, 5.74) is -0.575. The van der Waals surface area contributed by atoms with Crippen molar-refractivity contribution in [2.75, 3.05) is 0 Å². The second kappa shape index (κ2) is 3.02. The van der Waals surface area contributed by atoms with Crippen molar-refractivity contribution >= 4 is 0 Å². The van der Waals surface area contributed by atoms with E-state index < -0.39 is 5.60 Å². The lowest BCUT2D eigenvalue weighted by molar-refractivity contribution is -0.224. The van der Waals surface area contributed by atoms with E-state index >= 15 is 0 Å². The average Bonchev–Trinajstić information content (AvgIpc) is 1.67. The van der Waals surface area contributed by atoms with E-state index in [-0.39, 0.29) is 0 Å².